The maximum Gasteiger partial charge on any atom is 0.255 e. The van der Waals surface area contributed by atoms with Crippen LogP contribution in [0.15, 0.2) is 18.2 Å². The summed E-state index contributed by atoms with van der Waals surface area (Å²) in [5, 5.41) is 3.00. The summed E-state index contributed by atoms with van der Waals surface area (Å²) in [6.45, 7) is 5.55. The second-order valence-electron chi connectivity index (χ2n) is 7.08. The van der Waals surface area contributed by atoms with Crippen molar-refractivity contribution in [2.45, 2.75) is 70.5 Å². The number of nitrogens with one attached hydrogen (secondary N) is 1. The van der Waals surface area contributed by atoms with E-state index >= 15 is 0 Å². The molecule has 1 heterocycles. The molecule has 0 bridgehead atoms. The van der Waals surface area contributed by atoms with E-state index in [0.29, 0.717) is 24.1 Å². The molecule has 4 heteroatoms. The highest BCUT2D eigenvalue weighted by Crippen LogP contribution is 2.40. The maximum absolute atomic E-state index is 12.5. The number of hydrogen-bond acceptors (Lipinski definition) is 3. The van der Waals surface area contributed by atoms with Crippen molar-refractivity contribution in [1.82, 2.24) is 5.32 Å². The summed E-state index contributed by atoms with van der Waals surface area (Å²) in [5.41, 5.74) is 1.78. The molecule has 1 fully saturated rings. The molecule has 0 saturated heterocycles. The van der Waals surface area contributed by atoms with E-state index in [0.717, 1.165) is 24.3 Å². The van der Waals surface area contributed by atoms with Gasteiger partial charge in [0.25, 0.3) is 5.91 Å². The largest absolute Gasteiger partial charge is 0.489 e. The lowest BCUT2D eigenvalue weighted by Gasteiger charge is -2.21. The lowest BCUT2D eigenvalue weighted by atomic mass is 9.97. The van der Waals surface area contributed by atoms with Gasteiger partial charge in [-0.3, -0.25) is 4.79 Å². The van der Waals surface area contributed by atoms with Crippen molar-refractivity contribution in [3.63, 3.8) is 0 Å². The van der Waals surface area contributed by atoms with Gasteiger partial charge >= 0.3 is 0 Å². The van der Waals surface area contributed by atoms with Gasteiger partial charge in [-0.15, -0.1) is 0 Å². The van der Waals surface area contributed by atoms with Crippen LogP contribution in [0.25, 0.3) is 0 Å². The SMILES string of the molecule is C[C@@H]1Oc2c(C(=O)NCCCOC3CCCCC3)cccc2[C@H]1C. The highest BCUT2D eigenvalue weighted by atomic mass is 16.5. The van der Waals surface area contributed by atoms with Gasteiger partial charge in [0, 0.05) is 24.6 Å². The van der Waals surface area contributed by atoms with E-state index in [1.807, 2.05) is 12.1 Å². The fourth-order valence-corrected chi connectivity index (χ4v) is 3.62. The van der Waals surface area contributed by atoms with Gasteiger partial charge in [0.2, 0.25) is 0 Å². The molecule has 1 aromatic rings. The molecule has 1 aliphatic heterocycles. The van der Waals surface area contributed by atoms with Crippen molar-refractivity contribution in [1.29, 1.82) is 0 Å². The predicted octanol–water partition coefficient (Wildman–Crippen LogP) is 4.04. The van der Waals surface area contributed by atoms with Crippen LogP contribution in [0.3, 0.4) is 0 Å². The first-order valence-corrected chi connectivity index (χ1v) is 9.36. The van der Waals surface area contributed by atoms with Gasteiger partial charge in [0.1, 0.15) is 11.9 Å². The van der Waals surface area contributed by atoms with E-state index in [1.165, 1.54) is 32.1 Å². The molecular weight excluding hydrogens is 302 g/mol. The fourth-order valence-electron chi connectivity index (χ4n) is 3.62. The Hall–Kier alpha value is -1.55. The molecule has 3 rings (SSSR count). The standard InChI is InChI=1S/C20H29NO3/c1-14-15(2)24-19-17(14)10-6-11-18(19)20(22)21-12-7-13-23-16-8-4-3-5-9-16/h6,10-11,14-16H,3-5,7-9,12-13H2,1-2H3,(H,21,22)/t14-,15-/m0/s1. The lowest BCUT2D eigenvalue weighted by molar-refractivity contribution is 0.0273. The van der Waals surface area contributed by atoms with Gasteiger partial charge in [0.15, 0.2) is 0 Å². The summed E-state index contributed by atoms with van der Waals surface area (Å²) < 4.78 is 11.8. The predicted molar refractivity (Wildman–Crippen MR) is 94.7 cm³/mol. The van der Waals surface area contributed by atoms with Crippen LogP contribution in [0.1, 0.15) is 74.2 Å². The third-order valence-corrected chi connectivity index (χ3v) is 5.30. The molecule has 0 radical (unpaired) electrons. The number of carbonyl (C=O) groups excluding carboxylic acids is 1. The minimum atomic E-state index is -0.0502. The summed E-state index contributed by atoms with van der Waals surface area (Å²) in [6, 6.07) is 5.84. The first-order valence-electron chi connectivity index (χ1n) is 9.36. The molecule has 24 heavy (non-hydrogen) atoms. The van der Waals surface area contributed by atoms with E-state index in [1.54, 1.807) is 0 Å². The van der Waals surface area contributed by atoms with E-state index < -0.39 is 0 Å². The Morgan fingerprint density at radius 2 is 2.04 bits per heavy atom. The van der Waals surface area contributed by atoms with Crippen LogP contribution < -0.4 is 10.1 Å². The van der Waals surface area contributed by atoms with Gasteiger partial charge in [0.05, 0.1) is 11.7 Å². The lowest BCUT2D eigenvalue weighted by Crippen LogP contribution is -2.26. The number of hydrogen-bond donors (Lipinski definition) is 1. The maximum atomic E-state index is 12.5. The number of amides is 1. The molecule has 1 aromatic carbocycles. The molecular formula is C20H29NO3. The van der Waals surface area contributed by atoms with Crippen LogP contribution in [0.4, 0.5) is 0 Å². The van der Waals surface area contributed by atoms with Gasteiger partial charge in [-0.1, -0.05) is 38.3 Å². The number of para-hydroxylation sites is 1. The molecule has 0 unspecified atom stereocenters. The number of benzene rings is 1. The van der Waals surface area contributed by atoms with Crippen molar-refractivity contribution in [2.24, 2.45) is 0 Å². The molecule has 2 atom stereocenters. The Morgan fingerprint density at radius 3 is 2.83 bits per heavy atom. The quantitative estimate of drug-likeness (QED) is 0.800. The van der Waals surface area contributed by atoms with E-state index in [2.05, 4.69) is 25.2 Å². The molecule has 1 aliphatic carbocycles. The zero-order valence-electron chi connectivity index (χ0n) is 14.8. The highest BCUT2D eigenvalue weighted by molar-refractivity contribution is 5.97. The fraction of sp³-hybridized carbons (Fsp3) is 0.650. The number of ether oxygens (including phenoxy) is 2. The second-order valence-corrected chi connectivity index (χ2v) is 7.08. The van der Waals surface area contributed by atoms with Gasteiger partial charge in [-0.05, 0) is 32.3 Å². The van der Waals surface area contributed by atoms with Crippen LogP contribution in [-0.2, 0) is 4.74 Å². The van der Waals surface area contributed by atoms with Crippen LogP contribution in [0, 0.1) is 0 Å². The topological polar surface area (TPSA) is 47.6 Å². The first-order chi connectivity index (χ1) is 11.7. The zero-order chi connectivity index (χ0) is 16.9. The summed E-state index contributed by atoms with van der Waals surface area (Å²) in [7, 11) is 0. The van der Waals surface area contributed by atoms with Crippen LogP contribution in [0.2, 0.25) is 0 Å². The van der Waals surface area contributed by atoms with Crippen LogP contribution in [-0.4, -0.2) is 31.3 Å². The van der Waals surface area contributed by atoms with Crippen LogP contribution >= 0.6 is 0 Å². The van der Waals surface area contributed by atoms with Crippen molar-refractivity contribution in [2.75, 3.05) is 13.2 Å². The molecule has 4 nitrogen and oxygen atoms in total. The average molecular weight is 331 g/mol. The smallest absolute Gasteiger partial charge is 0.255 e. The Labute approximate surface area is 144 Å². The molecule has 1 N–H and O–H groups in total. The summed E-state index contributed by atoms with van der Waals surface area (Å²) in [4.78, 5) is 12.5. The molecule has 132 valence electrons. The molecule has 1 saturated carbocycles. The number of rotatable bonds is 6. The first kappa shape index (κ1) is 17.3. The van der Waals surface area contributed by atoms with E-state index in [4.69, 9.17) is 9.47 Å². The van der Waals surface area contributed by atoms with Gasteiger partial charge in [-0.2, -0.15) is 0 Å². The summed E-state index contributed by atoms with van der Waals surface area (Å²) >= 11 is 0. The highest BCUT2D eigenvalue weighted by Gasteiger charge is 2.30. The monoisotopic (exact) mass is 331 g/mol. The molecule has 2 aliphatic rings. The molecule has 0 aromatic heterocycles. The Balaban J connectivity index is 1.44. The van der Waals surface area contributed by atoms with Gasteiger partial charge in [-0.25, -0.2) is 0 Å². The van der Waals surface area contributed by atoms with Crippen molar-refractivity contribution in [3.05, 3.63) is 29.3 Å². The molecule has 1 amide bonds. The van der Waals surface area contributed by atoms with Gasteiger partial charge < -0.3 is 14.8 Å². The number of fused-ring (bicyclic) bond motifs is 1. The average Bonchev–Trinajstić information content (AvgIpc) is 2.90. The number of carbonyl (C=O) groups is 1. The second kappa shape index (κ2) is 8.02. The Morgan fingerprint density at radius 1 is 1.25 bits per heavy atom. The third kappa shape index (κ3) is 3.92. The minimum Gasteiger partial charge on any atom is -0.489 e. The Kier molecular flexibility index (Phi) is 5.77. The van der Waals surface area contributed by atoms with Crippen LogP contribution in [0.5, 0.6) is 5.75 Å². The Bertz CT molecular complexity index is 566. The summed E-state index contributed by atoms with van der Waals surface area (Å²) in [6.07, 6.45) is 7.71. The minimum absolute atomic E-state index is 0.0502. The normalized spacial score (nSPS) is 23.6. The third-order valence-electron chi connectivity index (χ3n) is 5.30. The van der Waals surface area contributed by atoms with E-state index in [9.17, 15) is 4.79 Å². The van der Waals surface area contributed by atoms with Crippen molar-refractivity contribution in [3.8, 4) is 5.75 Å². The van der Waals surface area contributed by atoms with E-state index in [-0.39, 0.29) is 12.0 Å². The summed E-state index contributed by atoms with van der Waals surface area (Å²) in [5.74, 6) is 1.04. The van der Waals surface area contributed by atoms with Crippen molar-refractivity contribution < 1.29 is 14.3 Å². The zero-order valence-corrected chi connectivity index (χ0v) is 14.8. The molecule has 0 spiro atoms. The van der Waals surface area contributed by atoms with Crippen molar-refractivity contribution >= 4 is 5.91 Å².